The summed E-state index contributed by atoms with van der Waals surface area (Å²) in [6.45, 7) is 6.58. The van der Waals surface area contributed by atoms with E-state index < -0.39 is 0 Å². The zero-order valence-corrected chi connectivity index (χ0v) is 12.6. The molecule has 2 atom stereocenters. The number of aromatic nitrogens is 2. The molecule has 3 rings (SSSR count). The molecular weight excluding hydrogens is 264 g/mol. The molecule has 21 heavy (non-hydrogen) atoms. The van der Waals surface area contributed by atoms with E-state index in [0.717, 1.165) is 42.8 Å². The van der Waals surface area contributed by atoms with Gasteiger partial charge in [0.1, 0.15) is 5.82 Å². The van der Waals surface area contributed by atoms with Crippen LogP contribution in [0.5, 0.6) is 0 Å². The number of nitrogens with one attached hydrogen (secondary N) is 1. The van der Waals surface area contributed by atoms with Crippen molar-refractivity contribution in [2.45, 2.75) is 26.4 Å². The summed E-state index contributed by atoms with van der Waals surface area (Å²) in [5.74, 6) is 1.90. The SMILES string of the molecule is CCNc1nc(N2CCC(O)C(C)C2)c2ccccc2n1. The largest absolute Gasteiger partial charge is 0.393 e. The van der Waals surface area contributed by atoms with Crippen LogP contribution < -0.4 is 10.2 Å². The highest BCUT2D eigenvalue weighted by molar-refractivity contribution is 5.90. The third-order valence-electron chi connectivity index (χ3n) is 4.08. The van der Waals surface area contributed by atoms with E-state index >= 15 is 0 Å². The van der Waals surface area contributed by atoms with Crippen molar-refractivity contribution in [1.29, 1.82) is 0 Å². The van der Waals surface area contributed by atoms with Crippen LogP contribution in [0.2, 0.25) is 0 Å². The van der Waals surface area contributed by atoms with Gasteiger partial charge in [-0.1, -0.05) is 19.1 Å². The van der Waals surface area contributed by atoms with Crippen molar-refractivity contribution in [2.24, 2.45) is 5.92 Å². The lowest BCUT2D eigenvalue weighted by Crippen LogP contribution is -2.42. The molecule has 0 amide bonds. The maximum Gasteiger partial charge on any atom is 0.225 e. The second-order valence-electron chi connectivity index (χ2n) is 5.70. The summed E-state index contributed by atoms with van der Waals surface area (Å²) in [6, 6.07) is 8.10. The molecule has 0 radical (unpaired) electrons. The smallest absolute Gasteiger partial charge is 0.225 e. The van der Waals surface area contributed by atoms with Crippen LogP contribution in [-0.2, 0) is 0 Å². The van der Waals surface area contributed by atoms with Gasteiger partial charge in [-0.15, -0.1) is 0 Å². The molecule has 1 aromatic carbocycles. The Balaban J connectivity index is 2.03. The third kappa shape index (κ3) is 2.78. The van der Waals surface area contributed by atoms with Crippen molar-refractivity contribution in [3.05, 3.63) is 24.3 Å². The number of aliphatic hydroxyl groups excluding tert-OH is 1. The molecule has 1 aromatic heterocycles. The molecule has 5 nitrogen and oxygen atoms in total. The molecule has 1 saturated heterocycles. The normalized spacial score (nSPS) is 22.5. The number of nitrogens with zero attached hydrogens (tertiary/aromatic N) is 3. The molecule has 5 heteroatoms. The molecule has 2 N–H and O–H groups in total. The Hall–Kier alpha value is -1.88. The third-order valence-corrected chi connectivity index (χ3v) is 4.08. The second kappa shape index (κ2) is 5.85. The van der Waals surface area contributed by atoms with Crippen LogP contribution in [-0.4, -0.2) is 40.8 Å². The number of rotatable bonds is 3. The standard InChI is InChI=1S/C16H22N4O/c1-3-17-16-18-13-7-5-4-6-12(13)15(19-16)20-9-8-14(21)11(2)10-20/h4-7,11,14,21H,3,8-10H2,1-2H3,(H,17,18,19). The van der Waals surface area contributed by atoms with Gasteiger partial charge in [0.2, 0.25) is 5.95 Å². The maximum absolute atomic E-state index is 9.92. The average molecular weight is 286 g/mol. The number of hydrogen-bond donors (Lipinski definition) is 2. The van der Waals surface area contributed by atoms with Crippen molar-refractivity contribution in [2.75, 3.05) is 29.9 Å². The Morgan fingerprint density at radius 2 is 2.14 bits per heavy atom. The van der Waals surface area contributed by atoms with Crippen LogP contribution in [0.1, 0.15) is 20.3 Å². The van der Waals surface area contributed by atoms with Gasteiger partial charge in [0.15, 0.2) is 0 Å². The Labute approximate surface area is 125 Å². The molecule has 2 unspecified atom stereocenters. The molecule has 2 heterocycles. The van der Waals surface area contributed by atoms with Crippen LogP contribution in [0.3, 0.4) is 0 Å². The van der Waals surface area contributed by atoms with E-state index in [1.165, 1.54) is 0 Å². The number of aliphatic hydroxyl groups is 1. The summed E-state index contributed by atoms with van der Waals surface area (Å²) >= 11 is 0. The number of anilines is 2. The molecule has 2 aromatic rings. The Bertz CT molecular complexity index is 631. The fourth-order valence-electron chi connectivity index (χ4n) is 2.86. The van der Waals surface area contributed by atoms with Gasteiger partial charge in [-0.3, -0.25) is 0 Å². The van der Waals surface area contributed by atoms with Gasteiger partial charge in [-0.05, 0) is 31.4 Å². The van der Waals surface area contributed by atoms with E-state index in [1.54, 1.807) is 0 Å². The van der Waals surface area contributed by atoms with Crippen LogP contribution in [0.25, 0.3) is 10.9 Å². The molecule has 0 bridgehead atoms. The number of piperidine rings is 1. The highest BCUT2D eigenvalue weighted by Crippen LogP contribution is 2.29. The predicted octanol–water partition coefficient (Wildman–Crippen LogP) is 2.27. The second-order valence-corrected chi connectivity index (χ2v) is 5.70. The van der Waals surface area contributed by atoms with Crippen molar-refractivity contribution >= 4 is 22.7 Å². The molecule has 0 aliphatic carbocycles. The lowest BCUT2D eigenvalue weighted by Gasteiger charge is -2.35. The number of fused-ring (bicyclic) bond motifs is 1. The van der Waals surface area contributed by atoms with Crippen LogP contribution >= 0.6 is 0 Å². The summed E-state index contributed by atoms with van der Waals surface area (Å²) in [7, 11) is 0. The topological polar surface area (TPSA) is 61.3 Å². The summed E-state index contributed by atoms with van der Waals surface area (Å²) < 4.78 is 0. The minimum atomic E-state index is -0.206. The Morgan fingerprint density at radius 1 is 1.33 bits per heavy atom. The first kappa shape index (κ1) is 14.1. The molecule has 0 saturated carbocycles. The molecular formula is C16H22N4O. The molecule has 1 aliphatic heterocycles. The van der Waals surface area contributed by atoms with Gasteiger partial charge >= 0.3 is 0 Å². The van der Waals surface area contributed by atoms with Gasteiger partial charge < -0.3 is 15.3 Å². The van der Waals surface area contributed by atoms with E-state index in [0.29, 0.717) is 5.95 Å². The Kier molecular flexibility index (Phi) is 3.92. The van der Waals surface area contributed by atoms with Crippen molar-refractivity contribution in [3.63, 3.8) is 0 Å². The number of para-hydroxylation sites is 1. The summed E-state index contributed by atoms with van der Waals surface area (Å²) in [4.78, 5) is 11.5. The molecule has 1 aliphatic rings. The van der Waals surface area contributed by atoms with Gasteiger partial charge in [0.25, 0.3) is 0 Å². The van der Waals surface area contributed by atoms with E-state index in [2.05, 4.69) is 28.2 Å². The van der Waals surface area contributed by atoms with Crippen molar-refractivity contribution in [1.82, 2.24) is 9.97 Å². The van der Waals surface area contributed by atoms with E-state index in [9.17, 15) is 5.11 Å². The lowest BCUT2D eigenvalue weighted by molar-refractivity contribution is 0.0970. The molecule has 0 spiro atoms. The first-order valence-corrected chi connectivity index (χ1v) is 7.62. The zero-order chi connectivity index (χ0) is 14.8. The monoisotopic (exact) mass is 286 g/mol. The van der Waals surface area contributed by atoms with E-state index in [-0.39, 0.29) is 12.0 Å². The van der Waals surface area contributed by atoms with Gasteiger partial charge in [-0.2, -0.15) is 4.98 Å². The fraction of sp³-hybridized carbons (Fsp3) is 0.500. The first-order valence-electron chi connectivity index (χ1n) is 7.62. The van der Waals surface area contributed by atoms with Gasteiger partial charge in [0, 0.05) is 25.0 Å². The van der Waals surface area contributed by atoms with Crippen molar-refractivity contribution < 1.29 is 5.11 Å². The zero-order valence-electron chi connectivity index (χ0n) is 12.6. The maximum atomic E-state index is 9.92. The van der Waals surface area contributed by atoms with Gasteiger partial charge in [0.05, 0.1) is 11.6 Å². The van der Waals surface area contributed by atoms with Crippen LogP contribution in [0.4, 0.5) is 11.8 Å². The summed E-state index contributed by atoms with van der Waals surface area (Å²) in [5.41, 5.74) is 0.956. The summed E-state index contributed by atoms with van der Waals surface area (Å²) in [6.07, 6.45) is 0.582. The fourth-order valence-corrected chi connectivity index (χ4v) is 2.86. The minimum Gasteiger partial charge on any atom is -0.393 e. The number of hydrogen-bond acceptors (Lipinski definition) is 5. The Morgan fingerprint density at radius 3 is 2.90 bits per heavy atom. The highest BCUT2D eigenvalue weighted by atomic mass is 16.3. The van der Waals surface area contributed by atoms with E-state index in [1.807, 2.05) is 25.1 Å². The quantitative estimate of drug-likeness (QED) is 0.906. The molecule has 112 valence electrons. The van der Waals surface area contributed by atoms with Crippen LogP contribution in [0.15, 0.2) is 24.3 Å². The number of benzene rings is 1. The van der Waals surface area contributed by atoms with Crippen molar-refractivity contribution in [3.8, 4) is 0 Å². The lowest BCUT2D eigenvalue weighted by atomic mass is 9.96. The van der Waals surface area contributed by atoms with Crippen LogP contribution in [0, 0.1) is 5.92 Å². The summed E-state index contributed by atoms with van der Waals surface area (Å²) in [5, 5.41) is 14.2. The van der Waals surface area contributed by atoms with Gasteiger partial charge in [-0.25, -0.2) is 4.98 Å². The predicted molar refractivity (Wildman–Crippen MR) is 85.7 cm³/mol. The highest BCUT2D eigenvalue weighted by Gasteiger charge is 2.26. The average Bonchev–Trinajstić information content (AvgIpc) is 2.50. The first-order chi connectivity index (χ1) is 10.2. The molecule has 1 fully saturated rings. The minimum absolute atomic E-state index is 0.206. The van der Waals surface area contributed by atoms with E-state index in [4.69, 9.17) is 4.98 Å².